The van der Waals surface area contributed by atoms with E-state index in [-0.39, 0.29) is 10.8 Å². The monoisotopic (exact) mass is 277 g/mol. The van der Waals surface area contributed by atoms with E-state index in [1.54, 1.807) is 13.0 Å². The summed E-state index contributed by atoms with van der Waals surface area (Å²) in [6, 6.07) is 4.18. The molecule has 1 atom stereocenters. The fourth-order valence-electron chi connectivity index (χ4n) is 0.816. The van der Waals surface area contributed by atoms with Gasteiger partial charge in [0.15, 0.2) is 0 Å². The summed E-state index contributed by atoms with van der Waals surface area (Å²) in [6.07, 6.45) is -0.414. The third-order valence-electron chi connectivity index (χ3n) is 1.60. The van der Waals surface area contributed by atoms with Gasteiger partial charge in [0, 0.05) is 6.07 Å². The summed E-state index contributed by atoms with van der Waals surface area (Å²) in [5.74, 6) is 0.0311. The second kappa shape index (κ2) is 4.70. The zero-order valence-electron chi connectivity index (χ0n) is 7.46. The molecule has 0 aliphatic carbocycles. The Balaban J connectivity index is 2.85. The van der Waals surface area contributed by atoms with Crippen LogP contribution in [0.25, 0.3) is 0 Å². The lowest BCUT2D eigenvalue weighted by atomic mass is 10.3. The van der Waals surface area contributed by atoms with Crippen molar-refractivity contribution in [2.24, 2.45) is 5.73 Å². The summed E-state index contributed by atoms with van der Waals surface area (Å²) in [6.45, 7) is 1.71. The summed E-state index contributed by atoms with van der Waals surface area (Å²) in [4.78, 5) is 0.237. The lowest BCUT2D eigenvalue weighted by molar-refractivity contribution is 0.285. The molecule has 0 saturated heterocycles. The molecule has 0 aliphatic heterocycles. The van der Waals surface area contributed by atoms with Crippen LogP contribution in [-0.4, -0.2) is 11.1 Å². The zero-order chi connectivity index (χ0) is 10.7. The van der Waals surface area contributed by atoms with Crippen molar-refractivity contribution in [3.05, 3.63) is 28.5 Å². The molecule has 1 aromatic carbocycles. The van der Waals surface area contributed by atoms with Gasteiger partial charge in [-0.3, -0.25) is 0 Å². The Morgan fingerprint density at radius 1 is 1.64 bits per heavy atom. The maximum Gasteiger partial charge on any atom is 0.145 e. The van der Waals surface area contributed by atoms with Crippen LogP contribution >= 0.6 is 28.1 Å². The summed E-state index contributed by atoms with van der Waals surface area (Å²) in [7, 11) is 0. The van der Waals surface area contributed by atoms with Crippen LogP contribution in [0, 0.1) is 5.82 Å². The van der Waals surface area contributed by atoms with Gasteiger partial charge in [0.05, 0.1) is 4.47 Å². The number of benzene rings is 1. The normalized spacial score (nSPS) is 12.2. The fourth-order valence-corrected chi connectivity index (χ4v) is 1.20. The van der Waals surface area contributed by atoms with Gasteiger partial charge in [0.25, 0.3) is 0 Å². The molecule has 0 saturated carbocycles. The minimum Gasteiger partial charge on any atom is -0.482 e. The van der Waals surface area contributed by atoms with E-state index >= 15 is 0 Å². The first kappa shape index (κ1) is 11.4. The molecule has 2 N–H and O–H groups in total. The zero-order valence-corrected chi connectivity index (χ0v) is 9.86. The third kappa shape index (κ3) is 2.92. The molecular weight excluding hydrogens is 269 g/mol. The molecule has 5 heteroatoms. The van der Waals surface area contributed by atoms with Crippen molar-refractivity contribution in [1.82, 2.24) is 0 Å². The number of rotatable bonds is 3. The van der Waals surface area contributed by atoms with E-state index in [1.165, 1.54) is 12.1 Å². The van der Waals surface area contributed by atoms with E-state index < -0.39 is 6.10 Å². The molecule has 1 rings (SSSR count). The molecule has 0 amide bonds. The largest absolute Gasteiger partial charge is 0.482 e. The number of hydrogen-bond donors (Lipinski definition) is 1. The van der Waals surface area contributed by atoms with E-state index in [4.69, 9.17) is 22.7 Å². The molecule has 14 heavy (non-hydrogen) atoms. The first-order valence-electron chi connectivity index (χ1n) is 3.91. The third-order valence-corrected chi connectivity index (χ3v) is 2.58. The molecule has 0 fully saturated rings. The summed E-state index contributed by atoms with van der Waals surface area (Å²) >= 11 is 7.97. The molecule has 0 spiro atoms. The van der Waals surface area contributed by atoms with Crippen LogP contribution in [0.2, 0.25) is 0 Å². The van der Waals surface area contributed by atoms with Gasteiger partial charge in [-0.2, -0.15) is 0 Å². The van der Waals surface area contributed by atoms with Crippen molar-refractivity contribution in [2.75, 3.05) is 0 Å². The molecule has 2 nitrogen and oxygen atoms in total. The van der Waals surface area contributed by atoms with Crippen molar-refractivity contribution >= 4 is 33.1 Å². The molecule has 0 aliphatic rings. The Morgan fingerprint density at radius 2 is 2.29 bits per heavy atom. The standard InChI is InChI=1S/C9H9BrFNOS/c1-5(9(12)14)13-8-4-6(11)2-3-7(8)10/h2-5H,1H3,(H2,12,14). The van der Waals surface area contributed by atoms with E-state index in [2.05, 4.69) is 15.9 Å². The lowest BCUT2D eigenvalue weighted by Crippen LogP contribution is -2.29. The van der Waals surface area contributed by atoms with E-state index in [0.717, 1.165) is 0 Å². The van der Waals surface area contributed by atoms with Gasteiger partial charge in [-0.25, -0.2) is 4.39 Å². The number of halogens is 2. The van der Waals surface area contributed by atoms with Gasteiger partial charge >= 0.3 is 0 Å². The van der Waals surface area contributed by atoms with E-state index in [9.17, 15) is 4.39 Å². The SMILES string of the molecule is CC(Oc1cc(F)ccc1Br)C(N)=S. The Kier molecular flexibility index (Phi) is 3.83. The van der Waals surface area contributed by atoms with Gasteiger partial charge in [0.1, 0.15) is 22.7 Å². The average molecular weight is 278 g/mol. The van der Waals surface area contributed by atoms with Gasteiger partial charge in [-0.15, -0.1) is 0 Å². The quantitative estimate of drug-likeness (QED) is 0.863. The molecule has 0 heterocycles. The van der Waals surface area contributed by atoms with Gasteiger partial charge in [0.2, 0.25) is 0 Å². The van der Waals surface area contributed by atoms with Gasteiger partial charge in [-0.1, -0.05) is 12.2 Å². The maximum atomic E-state index is 12.8. The van der Waals surface area contributed by atoms with E-state index in [1.807, 2.05) is 0 Å². The molecule has 76 valence electrons. The van der Waals surface area contributed by atoms with Gasteiger partial charge in [-0.05, 0) is 35.0 Å². The van der Waals surface area contributed by atoms with Gasteiger partial charge < -0.3 is 10.5 Å². The molecule has 0 bridgehead atoms. The fraction of sp³-hybridized carbons (Fsp3) is 0.222. The Labute approximate surface area is 95.4 Å². The average Bonchev–Trinajstić information content (AvgIpc) is 2.11. The van der Waals surface area contributed by atoms with Crippen LogP contribution in [0.3, 0.4) is 0 Å². The molecular formula is C9H9BrFNOS. The maximum absolute atomic E-state index is 12.8. The summed E-state index contributed by atoms with van der Waals surface area (Å²) in [5, 5.41) is 0. The highest BCUT2D eigenvalue weighted by molar-refractivity contribution is 9.10. The van der Waals surface area contributed by atoms with Crippen LogP contribution in [0.5, 0.6) is 5.75 Å². The minimum atomic E-state index is -0.414. The van der Waals surface area contributed by atoms with Crippen LogP contribution < -0.4 is 10.5 Å². The highest BCUT2D eigenvalue weighted by Crippen LogP contribution is 2.26. The second-order valence-electron chi connectivity index (χ2n) is 2.74. The lowest BCUT2D eigenvalue weighted by Gasteiger charge is -2.14. The van der Waals surface area contributed by atoms with Crippen molar-refractivity contribution in [1.29, 1.82) is 0 Å². The molecule has 0 radical (unpaired) electrons. The highest BCUT2D eigenvalue weighted by Gasteiger charge is 2.09. The number of hydrogen-bond acceptors (Lipinski definition) is 2. The Hall–Kier alpha value is -0.680. The number of nitrogens with two attached hydrogens (primary N) is 1. The minimum absolute atomic E-state index is 0.237. The molecule has 1 unspecified atom stereocenters. The highest BCUT2D eigenvalue weighted by atomic mass is 79.9. The topological polar surface area (TPSA) is 35.2 Å². The Bertz CT molecular complexity index is 359. The number of ether oxygens (including phenoxy) is 1. The summed E-state index contributed by atoms with van der Waals surface area (Å²) in [5.41, 5.74) is 5.37. The second-order valence-corrected chi connectivity index (χ2v) is 4.06. The predicted octanol–water partition coefficient (Wildman–Crippen LogP) is 2.64. The van der Waals surface area contributed by atoms with Crippen molar-refractivity contribution in [3.8, 4) is 5.75 Å². The van der Waals surface area contributed by atoms with Crippen LogP contribution in [0.1, 0.15) is 6.92 Å². The van der Waals surface area contributed by atoms with Crippen LogP contribution in [0.4, 0.5) is 4.39 Å². The van der Waals surface area contributed by atoms with Crippen LogP contribution in [0.15, 0.2) is 22.7 Å². The van der Waals surface area contributed by atoms with Crippen molar-refractivity contribution in [3.63, 3.8) is 0 Å². The predicted molar refractivity (Wildman–Crippen MR) is 61.0 cm³/mol. The van der Waals surface area contributed by atoms with Crippen molar-refractivity contribution < 1.29 is 9.13 Å². The number of thiocarbonyl (C=S) groups is 1. The molecule has 1 aromatic rings. The smallest absolute Gasteiger partial charge is 0.145 e. The van der Waals surface area contributed by atoms with Crippen LogP contribution in [-0.2, 0) is 0 Å². The van der Waals surface area contributed by atoms with E-state index in [0.29, 0.717) is 10.2 Å². The van der Waals surface area contributed by atoms with Crippen molar-refractivity contribution in [2.45, 2.75) is 13.0 Å². The first-order valence-corrected chi connectivity index (χ1v) is 5.12. The summed E-state index contributed by atoms with van der Waals surface area (Å²) < 4.78 is 18.8. The molecule has 0 aromatic heterocycles. The Morgan fingerprint density at radius 3 is 2.86 bits per heavy atom. The first-order chi connectivity index (χ1) is 6.50.